The molecule has 6 nitrogen and oxygen atoms in total. The van der Waals surface area contributed by atoms with E-state index in [2.05, 4.69) is 16.6 Å². The van der Waals surface area contributed by atoms with Crippen LogP contribution in [0.2, 0.25) is 0 Å². The molecule has 1 amide bonds. The summed E-state index contributed by atoms with van der Waals surface area (Å²) in [6.45, 7) is 2.44. The van der Waals surface area contributed by atoms with Gasteiger partial charge in [0.05, 0.1) is 6.21 Å². The highest BCUT2D eigenvalue weighted by molar-refractivity contribution is 5.95. The van der Waals surface area contributed by atoms with Crippen LogP contribution in [0, 0.1) is 6.92 Å². The summed E-state index contributed by atoms with van der Waals surface area (Å²) in [6, 6.07) is 19.0. The van der Waals surface area contributed by atoms with Crippen LogP contribution in [-0.4, -0.2) is 22.3 Å². The molecule has 0 aromatic heterocycles. The smallest absolute Gasteiger partial charge is 0.271 e. The number of carbonyl (C=O) groups is 1. The van der Waals surface area contributed by atoms with Gasteiger partial charge in [-0.1, -0.05) is 42.0 Å². The van der Waals surface area contributed by atoms with Crippen LogP contribution in [0.3, 0.4) is 0 Å². The third-order valence-corrected chi connectivity index (χ3v) is 3.93. The van der Waals surface area contributed by atoms with Gasteiger partial charge in [-0.15, -0.1) is 0 Å². The van der Waals surface area contributed by atoms with Crippen molar-refractivity contribution in [3.8, 4) is 17.2 Å². The molecule has 3 rings (SSSR count). The molecule has 3 N–H and O–H groups in total. The summed E-state index contributed by atoms with van der Waals surface area (Å²) in [4.78, 5) is 12.1. The fourth-order valence-corrected chi connectivity index (χ4v) is 2.63. The first-order chi connectivity index (χ1) is 13.5. The molecule has 3 aromatic carbocycles. The lowest BCUT2D eigenvalue weighted by molar-refractivity contribution is 0.0954. The number of aryl methyl sites for hydroxylation is 1. The van der Waals surface area contributed by atoms with Gasteiger partial charge in [0, 0.05) is 17.2 Å². The number of carbonyl (C=O) groups excluding carboxylic acids is 1. The van der Waals surface area contributed by atoms with Gasteiger partial charge in [-0.3, -0.25) is 4.79 Å². The maximum absolute atomic E-state index is 12.1. The Balaban J connectivity index is 1.66. The molecule has 0 atom stereocenters. The normalized spacial score (nSPS) is 10.8. The van der Waals surface area contributed by atoms with Crippen molar-refractivity contribution in [3.05, 3.63) is 89.0 Å². The van der Waals surface area contributed by atoms with Crippen molar-refractivity contribution >= 4 is 12.1 Å². The van der Waals surface area contributed by atoms with Crippen LogP contribution >= 0.6 is 0 Å². The highest BCUT2D eigenvalue weighted by Crippen LogP contribution is 2.20. The molecule has 0 saturated carbocycles. The zero-order chi connectivity index (χ0) is 19.9. The first-order valence-electron chi connectivity index (χ1n) is 8.65. The predicted octanol–water partition coefficient (Wildman–Crippen LogP) is 3.75. The summed E-state index contributed by atoms with van der Waals surface area (Å²) in [7, 11) is 0. The van der Waals surface area contributed by atoms with Gasteiger partial charge in [-0.25, -0.2) is 5.43 Å². The Morgan fingerprint density at radius 1 is 1.04 bits per heavy atom. The highest BCUT2D eigenvalue weighted by Gasteiger charge is 2.08. The molecule has 0 spiro atoms. The molecule has 0 unspecified atom stereocenters. The van der Waals surface area contributed by atoms with Crippen LogP contribution in [0.1, 0.15) is 27.0 Å². The predicted molar refractivity (Wildman–Crippen MR) is 107 cm³/mol. The molecular formula is C22H20N2O4. The number of phenols is 2. The van der Waals surface area contributed by atoms with E-state index in [0.29, 0.717) is 17.9 Å². The zero-order valence-electron chi connectivity index (χ0n) is 15.3. The van der Waals surface area contributed by atoms with Crippen LogP contribution in [-0.2, 0) is 6.61 Å². The maximum atomic E-state index is 12.1. The standard InChI is InChI=1S/C22H20N2O4/c1-15-5-4-6-16(9-15)14-28-21-8-3-2-7-17(21)13-23-24-22(27)18-10-19(25)12-20(26)11-18/h2-13,25-26H,14H2,1H3,(H,24,27). The lowest BCUT2D eigenvalue weighted by Crippen LogP contribution is -2.17. The number of hydrogen-bond acceptors (Lipinski definition) is 5. The van der Waals surface area contributed by atoms with Crippen LogP contribution < -0.4 is 10.2 Å². The Labute approximate surface area is 162 Å². The highest BCUT2D eigenvalue weighted by atomic mass is 16.5. The first kappa shape index (κ1) is 19.0. The summed E-state index contributed by atoms with van der Waals surface area (Å²) < 4.78 is 5.88. The van der Waals surface area contributed by atoms with E-state index in [9.17, 15) is 15.0 Å². The molecule has 0 bridgehead atoms. The Kier molecular flexibility index (Phi) is 5.91. The average Bonchev–Trinajstić information content (AvgIpc) is 2.66. The van der Waals surface area contributed by atoms with Crippen molar-refractivity contribution in [1.29, 1.82) is 0 Å². The third-order valence-electron chi connectivity index (χ3n) is 3.93. The number of benzene rings is 3. The third kappa shape index (κ3) is 5.11. The monoisotopic (exact) mass is 376 g/mol. The second kappa shape index (κ2) is 8.73. The molecule has 0 heterocycles. The summed E-state index contributed by atoms with van der Waals surface area (Å²) in [6.07, 6.45) is 1.48. The second-order valence-corrected chi connectivity index (χ2v) is 6.25. The quantitative estimate of drug-likeness (QED) is 0.451. The molecule has 0 saturated heterocycles. The van der Waals surface area contributed by atoms with Gasteiger partial charge >= 0.3 is 0 Å². The molecule has 0 fully saturated rings. The number of amides is 1. The number of nitrogens with one attached hydrogen (secondary N) is 1. The summed E-state index contributed by atoms with van der Waals surface area (Å²) in [5, 5.41) is 22.9. The summed E-state index contributed by atoms with van der Waals surface area (Å²) in [5.41, 5.74) is 5.38. The number of rotatable bonds is 6. The molecule has 6 heteroatoms. The molecule has 3 aromatic rings. The number of hydrogen-bond donors (Lipinski definition) is 3. The number of aromatic hydroxyl groups is 2. The van der Waals surface area contributed by atoms with E-state index >= 15 is 0 Å². The fourth-order valence-electron chi connectivity index (χ4n) is 2.63. The summed E-state index contributed by atoms with van der Waals surface area (Å²) >= 11 is 0. The SMILES string of the molecule is Cc1cccc(COc2ccccc2C=NNC(=O)c2cc(O)cc(O)c2)c1. The van der Waals surface area contributed by atoms with E-state index in [-0.39, 0.29) is 17.1 Å². The maximum Gasteiger partial charge on any atom is 0.271 e. The van der Waals surface area contributed by atoms with Crippen LogP contribution in [0.5, 0.6) is 17.2 Å². The van der Waals surface area contributed by atoms with Gasteiger partial charge < -0.3 is 14.9 Å². The van der Waals surface area contributed by atoms with Gasteiger partial charge in [0.1, 0.15) is 23.9 Å². The number of hydrazone groups is 1. The molecule has 0 radical (unpaired) electrons. The van der Waals surface area contributed by atoms with Gasteiger partial charge in [0.15, 0.2) is 0 Å². The Bertz CT molecular complexity index is 995. The van der Waals surface area contributed by atoms with E-state index in [1.54, 1.807) is 0 Å². The lowest BCUT2D eigenvalue weighted by Gasteiger charge is -2.09. The van der Waals surface area contributed by atoms with Crippen molar-refractivity contribution < 1.29 is 19.7 Å². The average molecular weight is 376 g/mol. The van der Waals surface area contributed by atoms with E-state index in [1.807, 2.05) is 49.4 Å². The first-order valence-corrected chi connectivity index (χ1v) is 8.65. The molecule has 28 heavy (non-hydrogen) atoms. The number of phenolic OH excluding ortho intramolecular Hbond substituents is 2. The largest absolute Gasteiger partial charge is 0.508 e. The molecule has 142 valence electrons. The topological polar surface area (TPSA) is 91.2 Å². The fraction of sp³-hybridized carbons (Fsp3) is 0.0909. The summed E-state index contributed by atoms with van der Waals surface area (Å²) in [5.74, 6) is -0.328. The van der Waals surface area contributed by atoms with E-state index in [4.69, 9.17) is 4.74 Å². The number of para-hydroxylation sites is 1. The van der Waals surface area contributed by atoms with Crippen molar-refractivity contribution in [2.75, 3.05) is 0 Å². The minimum atomic E-state index is -0.555. The molecular weight excluding hydrogens is 356 g/mol. The Hall–Kier alpha value is -3.80. The van der Waals surface area contributed by atoms with E-state index < -0.39 is 5.91 Å². The van der Waals surface area contributed by atoms with Gasteiger partial charge in [-0.05, 0) is 36.8 Å². The van der Waals surface area contributed by atoms with Crippen molar-refractivity contribution in [1.82, 2.24) is 5.43 Å². The number of nitrogens with zero attached hydrogens (tertiary/aromatic N) is 1. The van der Waals surface area contributed by atoms with Gasteiger partial charge in [0.25, 0.3) is 5.91 Å². The Morgan fingerprint density at radius 3 is 2.54 bits per heavy atom. The van der Waals surface area contributed by atoms with E-state index in [0.717, 1.165) is 17.2 Å². The molecule has 0 aliphatic rings. The minimum absolute atomic E-state index is 0.0960. The van der Waals surface area contributed by atoms with Crippen LogP contribution in [0.25, 0.3) is 0 Å². The Morgan fingerprint density at radius 2 is 1.79 bits per heavy atom. The van der Waals surface area contributed by atoms with E-state index in [1.165, 1.54) is 18.3 Å². The van der Waals surface area contributed by atoms with Crippen molar-refractivity contribution in [2.24, 2.45) is 5.10 Å². The minimum Gasteiger partial charge on any atom is -0.508 e. The van der Waals surface area contributed by atoms with Crippen LogP contribution in [0.4, 0.5) is 0 Å². The molecule has 0 aliphatic heterocycles. The van der Waals surface area contributed by atoms with Crippen molar-refractivity contribution in [3.63, 3.8) is 0 Å². The number of ether oxygens (including phenoxy) is 1. The zero-order valence-corrected chi connectivity index (χ0v) is 15.3. The van der Waals surface area contributed by atoms with Crippen molar-refractivity contribution in [2.45, 2.75) is 13.5 Å². The molecule has 0 aliphatic carbocycles. The van der Waals surface area contributed by atoms with Gasteiger partial charge in [0.2, 0.25) is 0 Å². The van der Waals surface area contributed by atoms with Crippen LogP contribution in [0.15, 0.2) is 71.8 Å². The van der Waals surface area contributed by atoms with Gasteiger partial charge in [-0.2, -0.15) is 5.10 Å². The lowest BCUT2D eigenvalue weighted by atomic mass is 10.1. The second-order valence-electron chi connectivity index (χ2n) is 6.25.